The van der Waals surface area contributed by atoms with E-state index in [1.165, 1.54) is 27.8 Å². The van der Waals surface area contributed by atoms with Crippen LogP contribution in [0.15, 0.2) is 54.6 Å². The van der Waals surface area contributed by atoms with Crippen LogP contribution in [0.3, 0.4) is 0 Å². The van der Waals surface area contributed by atoms with Crippen LogP contribution in [0.5, 0.6) is 0 Å². The zero-order valence-electron chi connectivity index (χ0n) is 18.1. The molecule has 2 aromatic carbocycles. The van der Waals surface area contributed by atoms with Crippen molar-refractivity contribution in [2.45, 2.75) is 33.1 Å². The monoisotopic (exact) mass is 407 g/mol. The van der Waals surface area contributed by atoms with Gasteiger partial charge in [-0.1, -0.05) is 54.6 Å². The van der Waals surface area contributed by atoms with Gasteiger partial charge in [0.2, 0.25) is 0 Å². The summed E-state index contributed by atoms with van der Waals surface area (Å²) in [7, 11) is 0. The van der Waals surface area contributed by atoms with Crippen LogP contribution in [0.4, 0.5) is 0 Å². The Bertz CT molecular complexity index is 827. The number of rotatable bonds is 9. The number of aryl methyl sites for hydroxylation is 2. The lowest BCUT2D eigenvalue weighted by molar-refractivity contribution is -0.143. The van der Waals surface area contributed by atoms with E-state index >= 15 is 0 Å². The molecule has 1 atom stereocenters. The zero-order valence-corrected chi connectivity index (χ0v) is 18.1. The number of hydrogen-bond donors (Lipinski definition) is 1. The quantitative estimate of drug-likeness (QED) is 0.598. The zero-order chi connectivity index (χ0) is 21.3. The highest BCUT2D eigenvalue weighted by molar-refractivity contribution is 5.82. The molecule has 0 bridgehead atoms. The minimum atomic E-state index is -0.666. The SMILES string of the molecule is Cc1ccccc1C(=CCOCCCN1CCCC(C(=O)O)C1)c1ccccc1C. The lowest BCUT2D eigenvalue weighted by Crippen LogP contribution is -2.39. The Morgan fingerprint density at radius 2 is 1.73 bits per heavy atom. The normalized spacial score (nSPS) is 16.9. The van der Waals surface area contributed by atoms with Gasteiger partial charge in [0.25, 0.3) is 0 Å². The summed E-state index contributed by atoms with van der Waals surface area (Å²) in [5.74, 6) is -0.880. The van der Waals surface area contributed by atoms with Gasteiger partial charge in [0.1, 0.15) is 0 Å². The topological polar surface area (TPSA) is 49.8 Å². The third-order valence-electron chi connectivity index (χ3n) is 5.89. The van der Waals surface area contributed by atoms with E-state index in [2.05, 4.69) is 73.4 Å². The van der Waals surface area contributed by atoms with Crippen LogP contribution < -0.4 is 0 Å². The van der Waals surface area contributed by atoms with Gasteiger partial charge in [0.05, 0.1) is 12.5 Å². The molecule has 0 amide bonds. The summed E-state index contributed by atoms with van der Waals surface area (Å²) in [5.41, 5.74) is 6.20. The Kier molecular flexibility index (Phi) is 8.23. The molecule has 1 unspecified atom stereocenters. The van der Waals surface area contributed by atoms with Crippen LogP contribution in [0.2, 0.25) is 0 Å². The minimum Gasteiger partial charge on any atom is -0.481 e. The Morgan fingerprint density at radius 3 is 2.33 bits per heavy atom. The average Bonchev–Trinajstić information content (AvgIpc) is 2.75. The molecule has 0 spiro atoms. The van der Waals surface area contributed by atoms with Gasteiger partial charge in [-0.25, -0.2) is 0 Å². The first-order valence-corrected chi connectivity index (χ1v) is 10.9. The molecule has 1 aliphatic rings. The van der Waals surface area contributed by atoms with Gasteiger partial charge in [0, 0.05) is 19.7 Å². The number of hydrogen-bond acceptors (Lipinski definition) is 3. The average molecular weight is 408 g/mol. The lowest BCUT2D eigenvalue weighted by atomic mass is 9.91. The van der Waals surface area contributed by atoms with Gasteiger partial charge in [-0.15, -0.1) is 0 Å². The standard InChI is InChI=1S/C26H33NO3/c1-20-9-3-5-12-23(20)25(24-13-6-4-10-21(24)2)14-18-30-17-8-16-27-15-7-11-22(19-27)26(28)29/h3-6,9-10,12-14,22H,7-8,11,15-19H2,1-2H3,(H,28,29). The van der Waals surface area contributed by atoms with E-state index in [0.29, 0.717) is 19.8 Å². The van der Waals surface area contributed by atoms with E-state index in [1.54, 1.807) is 0 Å². The van der Waals surface area contributed by atoms with Crippen molar-refractivity contribution in [2.24, 2.45) is 5.92 Å². The smallest absolute Gasteiger partial charge is 0.307 e. The first-order valence-electron chi connectivity index (χ1n) is 10.9. The molecular weight excluding hydrogens is 374 g/mol. The predicted molar refractivity (Wildman–Crippen MR) is 122 cm³/mol. The second-order valence-electron chi connectivity index (χ2n) is 8.15. The largest absolute Gasteiger partial charge is 0.481 e. The van der Waals surface area contributed by atoms with Crippen LogP contribution in [0, 0.1) is 19.8 Å². The number of carboxylic acid groups (broad SMARTS) is 1. The summed E-state index contributed by atoms with van der Waals surface area (Å²) >= 11 is 0. The summed E-state index contributed by atoms with van der Waals surface area (Å²) in [4.78, 5) is 13.5. The molecule has 2 aromatic rings. The molecule has 3 rings (SSSR count). The van der Waals surface area contributed by atoms with Crippen LogP contribution >= 0.6 is 0 Å². The number of carbonyl (C=O) groups is 1. The Balaban J connectivity index is 1.56. The van der Waals surface area contributed by atoms with Crippen molar-refractivity contribution in [3.63, 3.8) is 0 Å². The maximum atomic E-state index is 11.2. The summed E-state index contributed by atoms with van der Waals surface area (Å²) in [5, 5.41) is 9.22. The van der Waals surface area contributed by atoms with Gasteiger partial charge < -0.3 is 14.7 Å². The van der Waals surface area contributed by atoms with E-state index in [1.807, 2.05) is 0 Å². The second kappa shape index (κ2) is 11.1. The first kappa shape index (κ1) is 22.3. The Morgan fingerprint density at radius 1 is 1.10 bits per heavy atom. The lowest BCUT2D eigenvalue weighted by Gasteiger charge is -2.30. The number of likely N-dealkylation sites (tertiary alicyclic amines) is 1. The number of aliphatic carboxylic acids is 1. The van der Waals surface area contributed by atoms with Gasteiger partial charge in [-0.05, 0) is 67.5 Å². The van der Waals surface area contributed by atoms with Crippen molar-refractivity contribution in [2.75, 3.05) is 32.8 Å². The third-order valence-corrected chi connectivity index (χ3v) is 5.89. The molecule has 0 aliphatic carbocycles. The molecule has 30 heavy (non-hydrogen) atoms. The third kappa shape index (κ3) is 6.04. The summed E-state index contributed by atoms with van der Waals surface area (Å²) < 4.78 is 5.93. The van der Waals surface area contributed by atoms with Crippen molar-refractivity contribution in [3.05, 3.63) is 76.9 Å². The molecule has 0 aromatic heterocycles. The fourth-order valence-corrected chi connectivity index (χ4v) is 4.19. The summed E-state index contributed by atoms with van der Waals surface area (Å²) in [6, 6.07) is 16.9. The van der Waals surface area contributed by atoms with E-state index in [-0.39, 0.29) is 5.92 Å². The highest BCUT2D eigenvalue weighted by Crippen LogP contribution is 2.28. The second-order valence-corrected chi connectivity index (χ2v) is 8.15. The molecule has 1 N–H and O–H groups in total. The Labute approximate surface area is 180 Å². The van der Waals surface area contributed by atoms with E-state index < -0.39 is 5.97 Å². The number of benzene rings is 2. The highest BCUT2D eigenvalue weighted by atomic mass is 16.5. The molecule has 1 saturated heterocycles. The van der Waals surface area contributed by atoms with Crippen molar-refractivity contribution in [1.29, 1.82) is 0 Å². The molecule has 1 heterocycles. The number of nitrogens with zero attached hydrogens (tertiary/aromatic N) is 1. The molecule has 0 radical (unpaired) electrons. The maximum absolute atomic E-state index is 11.2. The molecule has 160 valence electrons. The number of carboxylic acids is 1. The molecule has 4 heteroatoms. The minimum absolute atomic E-state index is 0.214. The maximum Gasteiger partial charge on any atom is 0.307 e. The highest BCUT2D eigenvalue weighted by Gasteiger charge is 2.24. The van der Waals surface area contributed by atoms with Crippen LogP contribution in [0.1, 0.15) is 41.5 Å². The van der Waals surface area contributed by atoms with Crippen molar-refractivity contribution in [1.82, 2.24) is 4.90 Å². The summed E-state index contributed by atoms with van der Waals surface area (Å²) in [6.07, 6.45) is 4.88. The van der Waals surface area contributed by atoms with Gasteiger partial charge >= 0.3 is 5.97 Å². The fraction of sp³-hybridized carbons (Fsp3) is 0.423. The van der Waals surface area contributed by atoms with Crippen molar-refractivity contribution < 1.29 is 14.6 Å². The van der Waals surface area contributed by atoms with Crippen molar-refractivity contribution >= 4 is 11.5 Å². The van der Waals surface area contributed by atoms with Gasteiger partial charge in [-0.3, -0.25) is 4.79 Å². The molecule has 4 nitrogen and oxygen atoms in total. The van der Waals surface area contributed by atoms with Gasteiger partial charge in [0.15, 0.2) is 0 Å². The van der Waals surface area contributed by atoms with Crippen LogP contribution in [0.25, 0.3) is 5.57 Å². The van der Waals surface area contributed by atoms with Gasteiger partial charge in [-0.2, -0.15) is 0 Å². The molecule has 1 fully saturated rings. The predicted octanol–water partition coefficient (Wildman–Crippen LogP) is 4.94. The first-order chi connectivity index (χ1) is 14.6. The van der Waals surface area contributed by atoms with E-state index in [0.717, 1.165) is 32.4 Å². The molecular formula is C26H33NO3. The van der Waals surface area contributed by atoms with E-state index in [9.17, 15) is 9.90 Å². The van der Waals surface area contributed by atoms with Crippen LogP contribution in [-0.2, 0) is 9.53 Å². The fourth-order valence-electron chi connectivity index (χ4n) is 4.19. The molecule has 0 saturated carbocycles. The van der Waals surface area contributed by atoms with Crippen molar-refractivity contribution in [3.8, 4) is 0 Å². The number of piperidine rings is 1. The molecule has 1 aliphatic heterocycles. The summed E-state index contributed by atoms with van der Waals surface area (Å²) in [6.45, 7) is 8.09. The van der Waals surface area contributed by atoms with E-state index in [4.69, 9.17) is 4.74 Å². The Hall–Kier alpha value is -2.43. The number of ether oxygens (including phenoxy) is 1. The van der Waals surface area contributed by atoms with Crippen LogP contribution in [-0.4, -0.2) is 48.8 Å².